The molecule has 4 aromatic carbocycles. The lowest BCUT2D eigenvalue weighted by atomic mass is 9.87. The molecule has 4 heterocycles. The minimum Gasteiger partial charge on any atom is -0.252 e. The third kappa shape index (κ3) is 15.8. The molecule has 0 saturated heterocycles. The van der Waals surface area contributed by atoms with E-state index in [1.807, 2.05) is 37.5 Å². The molecule has 0 radical (unpaired) electrons. The molecule has 360 valence electrons. The summed E-state index contributed by atoms with van der Waals surface area (Å²) in [5.74, 6) is 0.906. The number of rotatable bonds is 0. The number of aromatic nitrogens is 5. The molecular weight excluding hydrogens is 850 g/mol. The molecule has 0 aliphatic carbocycles. The van der Waals surface area contributed by atoms with Crippen LogP contribution >= 0.6 is 11.6 Å². The van der Waals surface area contributed by atoms with Crippen LogP contribution in [-0.2, 0) is 27.1 Å². The maximum atomic E-state index is 6.12. The second kappa shape index (κ2) is 22.3. The average Bonchev–Trinajstić information content (AvgIpc) is 3.25. The third-order valence-corrected chi connectivity index (χ3v) is 11.8. The minimum absolute atomic E-state index is 0.0629. The van der Waals surface area contributed by atoms with E-state index < -0.39 is 0 Å². The molecule has 0 bridgehead atoms. The van der Waals surface area contributed by atoms with Gasteiger partial charge in [-0.3, -0.25) is 15.0 Å². The van der Waals surface area contributed by atoms with Crippen molar-refractivity contribution in [2.75, 3.05) is 0 Å². The summed E-state index contributed by atoms with van der Waals surface area (Å²) in [6.07, 6.45) is 3.71. The third-order valence-electron chi connectivity index (χ3n) is 11.5. The number of nitrogens with zero attached hydrogens (tertiary/aromatic N) is 5. The first kappa shape index (κ1) is 55.1. The number of aryl methyl sites for hydroxylation is 5. The van der Waals surface area contributed by atoms with Crippen molar-refractivity contribution in [3.63, 3.8) is 0 Å². The van der Waals surface area contributed by atoms with Crippen LogP contribution in [0.2, 0.25) is 5.02 Å². The van der Waals surface area contributed by atoms with Crippen LogP contribution in [0.25, 0.3) is 32.7 Å². The zero-order valence-electron chi connectivity index (χ0n) is 45.2. The van der Waals surface area contributed by atoms with Crippen molar-refractivity contribution in [2.45, 2.75) is 166 Å². The van der Waals surface area contributed by atoms with E-state index in [1.165, 1.54) is 38.6 Å². The van der Waals surface area contributed by atoms with Gasteiger partial charge in [0, 0.05) is 67.3 Å². The zero-order chi connectivity index (χ0) is 51.0. The summed E-state index contributed by atoms with van der Waals surface area (Å²) in [7, 11) is 0. The van der Waals surface area contributed by atoms with Crippen LogP contribution in [-0.4, -0.2) is 24.9 Å². The second-order valence-corrected chi connectivity index (χ2v) is 23.8. The first-order chi connectivity index (χ1) is 31.4. The highest BCUT2D eigenvalue weighted by Gasteiger charge is 2.19. The lowest BCUT2D eigenvalue weighted by Crippen LogP contribution is -2.15. The zero-order valence-corrected chi connectivity index (χ0v) is 45.9. The molecule has 68 heavy (non-hydrogen) atoms. The van der Waals surface area contributed by atoms with E-state index in [0.717, 1.165) is 55.4 Å². The highest BCUT2D eigenvalue weighted by molar-refractivity contribution is 6.35. The molecule has 0 aliphatic heterocycles. The van der Waals surface area contributed by atoms with Crippen LogP contribution in [0.1, 0.15) is 160 Å². The van der Waals surface area contributed by atoms with E-state index in [-0.39, 0.29) is 27.1 Å². The van der Waals surface area contributed by atoms with Gasteiger partial charge in [0.15, 0.2) is 0 Å². The van der Waals surface area contributed by atoms with Crippen LogP contribution in [0.3, 0.4) is 0 Å². The molecule has 5 nitrogen and oxygen atoms in total. The number of fused-ring (bicyclic) bond motifs is 3. The molecule has 0 spiro atoms. The SMILES string of the molecule is CC(C)(C)c1ccc2cccc(Cl)c2n1.Cc1ccc(C(C)(C)C)cc1.Cc1ccc(C)c2nc(C(C)(C)C)ccc12.Cc1cccc2ccc(C(C)(C)C)nc12.Cc1cnc(C(C)(C)C)nc1. The molecule has 0 unspecified atom stereocenters. The summed E-state index contributed by atoms with van der Waals surface area (Å²) < 4.78 is 0. The molecule has 0 aliphatic rings. The van der Waals surface area contributed by atoms with Crippen molar-refractivity contribution >= 4 is 44.3 Å². The smallest absolute Gasteiger partial charge is 0.133 e. The maximum Gasteiger partial charge on any atom is 0.133 e. The topological polar surface area (TPSA) is 64.5 Å². The quantitative estimate of drug-likeness (QED) is 0.152. The van der Waals surface area contributed by atoms with Crippen molar-refractivity contribution in [3.05, 3.63) is 183 Å². The van der Waals surface area contributed by atoms with E-state index in [1.54, 1.807) is 0 Å². The Morgan fingerprint density at radius 3 is 1.26 bits per heavy atom. The summed E-state index contributed by atoms with van der Waals surface area (Å²) in [5, 5.41) is 4.31. The van der Waals surface area contributed by atoms with Gasteiger partial charge >= 0.3 is 0 Å². The predicted molar refractivity (Wildman–Crippen MR) is 296 cm³/mol. The minimum atomic E-state index is 0.0629. The molecule has 0 amide bonds. The molecule has 8 rings (SSSR count). The lowest BCUT2D eigenvalue weighted by Gasteiger charge is -2.18. The van der Waals surface area contributed by atoms with Gasteiger partial charge in [-0.1, -0.05) is 206 Å². The maximum absolute atomic E-state index is 6.12. The van der Waals surface area contributed by atoms with Crippen molar-refractivity contribution < 1.29 is 0 Å². The van der Waals surface area contributed by atoms with Gasteiger partial charge in [-0.2, -0.15) is 0 Å². The van der Waals surface area contributed by atoms with Gasteiger partial charge in [-0.05, 0) is 92.1 Å². The molecule has 8 aromatic rings. The predicted octanol–water partition coefficient (Wildman–Crippen LogP) is 17.6. The summed E-state index contributed by atoms with van der Waals surface area (Å²) >= 11 is 6.12. The van der Waals surface area contributed by atoms with Gasteiger partial charge in [0.25, 0.3) is 0 Å². The molecular formula is C62H80ClN5. The van der Waals surface area contributed by atoms with Crippen LogP contribution in [0.15, 0.2) is 122 Å². The lowest BCUT2D eigenvalue weighted by molar-refractivity contribution is 0.544. The van der Waals surface area contributed by atoms with E-state index in [4.69, 9.17) is 21.6 Å². The number of hydrogen-bond acceptors (Lipinski definition) is 5. The van der Waals surface area contributed by atoms with Crippen molar-refractivity contribution in [1.82, 2.24) is 24.9 Å². The van der Waals surface area contributed by atoms with Crippen LogP contribution in [0, 0.1) is 34.6 Å². The van der Waals surface area contributed by atoms with Crippen molar-refractivity contribution in [2.24, 2.45) is 0 Å². The van der Waals surface area contributed by atoms with E-state index in [0.29, 0.717) is 0 Å². The average molecular weight is 931 g/mol. The Kier molecular flexibility index (Phi) is 18.0. The van der Waals surface area contributed by atoms with Crippen LogP contribution in [0.4, 0.5) is 0 Å². The number of hydrogen-bond donors (Lipinski definition) is 0. The number of para-hydroxylation sites is 2. The van der Waals surface area contributed by atoms with Gasteiger partial charge in [0.1, 0.15) is 5.82 Å². The largest absolute Gasteiger partial charge is 0.252 e. The Hall–Kier alpha value is -5.52. The number of pyridine rings is 3. The number of halogens is 1. The Balaban J connectivity index is 0.000000187. The standard InChI is InChI=1S/C15H19N.C14H17N.C13H14ClN.C11H16.C9H14N2/c1-10-6-7-11(2)14-12(10)8-9-13(16-14)15(3,4)5;1-10-6-5-7-11-8-9-12(14(2,3)4)15-13(10)11;1-13(2,3)11-8-7-9-5-4-6-10(14)12(9)15-11;1-9-5-7-10(8-6-9)11(2,3)4;1-7-5-10-8(11-6-7)9(2,3)4/h6-9H,1-5H3;5-9H,1-4H3;4-8H,1-3H3;5-8H,1-4H3;5-6H,1-4H3. The molecule has 6 heteroatoms. The second-order valence-electron chi connectivity index (χ2n) is 23.3. The summed E-state index contributed by atoms with van der Waals surface area (Å²) in [5.41, 5.74) is 14.9. The molecule has 0 N–H and O–H groups in total. The molecule has 0 atom stereocenters. The Morgan fingerprint density at radius 1 is 0.353 bits per heavy atom. The van der Waals surface area contributed by atoms with Gasteiger partial charge in [-0.15, -0.1) is 0 Å². The highest BCUT2D eigenvalue weighted by Crippen LogP contribution is 2.29. The van der Waals surface area contributed by atoms with E-state index in [9.17, 15) is 0 Å². The van der Waals surface area contributed by atoms with Crippen LogP contribution in [0.5, 0.6) is 0 Å². The van der Waals surface area contributed by atoms with Crippen LogP contribution < -0.4 is 0 Å². The van der Waals surface area contributed by atoms with Gasteiger partial charge in [0.05, 0.1) is 21.6 Å². The normalized spacial score (nSPS) is 11.9. The van der Waals surface area contributed by atoms with Gasteiger partial charge in [-0.25, -0.2) is 9.97 Å². The summed E-state index contributed by atoms with van der Waals surface area (Å²) in [6, 6.07) is 38.0. The Morgan fingerprint density at radius 2 is 0.779 bits per heavy atom. The van der Waals surface area contributed by atoms with Crippen molar-refractivity contribution in [3.8, 4) is 0 Å². The monoisotopic (exact) mass is 930 g/mol. The first-order valence-corrected chi connectivity index (χ1v) is 24.4. The molecule has 4 aromatic heterocycles. The molecule has 0 saturated carbocycles. The summed E-state index contributed by atoms with van der Waals surface area (Å²) in [6.45, 7) is 43.2. The summed E-state index contributed by atoms with van der Waals surface area (Å²) in [4.78, 5) is 22.6. The first-order valence-electron chi connectivity index (χ1n) is 24.0. The van der Waals surface area contributed by atoms with E-state index in [2.05, 4.69) is 237 Å². The van der Waals surface area contributed by atoms with Gasteiger partial charge < -0.3 is 0 Å². The molecule has 0 fully saturated rings. The highest BCUT2D eigenvalue weighted by atomic mass is 35.5. The van der Waals surface area contributed by atoms with Gasteiger partial charge in [0.2, 0.25) is 0 Å². The van der Waals surface area contributed by atoms with E-state index >= 15 is 0 Å². The Labute approximate surface area is 415 Å². The Bertz CT molecular complexity index is 2750. The fourth-order valence-corrected chi connectivity index (χ4v) is 7.21. The number of benzene rings is 4. The van der Waals surface area contributed by atoms with Crippen molar-refractivity contribution in [1.29, 1.82) is 0 Å². The fourth-order valence-electron chi connectivity index (χ4n) is 6.99. The fraction of sp³-hybridized carbons (Fsp3) is 0.403.